The number of morpholine rings is 1. The lowest BCUT2D eigenvalue weighted by Crippen LogP contribution is -2.38. The molecule has 1 aromatic heterocycles. The average Bonchev–Trinajstić information content (AvgIpc) is 2.30. The minimum Gasteiger partial charge on any atom is -0.379 e. The van der Waals surface area contributed by atoms with Gasteiger partial charge in [-0.2, -0.15) is 4.39 Å². The van der Waals surface area contributed by atoms with Crippen molar-refractivity contribution in [3.8, 4) is 0 Å². The number of rotatable bonds is 2. The molecule has 81 valence electrons. The monoisotopic (exact) mass is 209 g/mol. The summed E-state index contributed by atoms with van der Waals surface area (Å²) in [5.74, 6) is -0.548. The van der Waals surface area contributed by atoms with Gasteiger partial charge in [-0.3, -0.25) is 4.90 Å². The molecular weight excluding hydrogens is 195 g/mol. The van der Waals surface area contributed by atoms with Crippen molar-refractivity contribution in [1.29, 1.82) is 0 Å². The van der Waals surface area contributed by atoms with Crippen molar-refractivity contribution >= 4 is 0 Å². The van der Waals surface area contributed by atoms with Gasteiger partial charge in [0.2, 0.25) is 5.95 Å². The fourth-order valence-electron chi connectivity index (χ4n) is 1.75. The molecule has 0 bridgehead atoms. The van der Waals surface area contributed by atoms with E-state index in [-0.39, 0.29) is 6.04 Å². The minimum atomic E-state index is -0.548. The zero-order chi connectivity index (χ0) is 10.7. The summed E-state index contributed by atoms with van der Waals surface area (Å²) in [4.78, 5) is 5.91. The van der Waals surface area contributed by atoms with E-state index in [2.05, 4.69) is 22.9 Å². The Bertz CT molecular complexity index is 309. The Morgan fingerprint density at radius 2 is 2.27 bits per heavy atom. The molecule has 3 nitrogen and oxygen atoms in total. The first-order valence-corrected chi connectivity index (χ1v) is 5.12. The van der Waals surface area contributed by atoms with E-state index in [0.29, 0.717) is 0 Å². The molecule has 1 unspecified atom stereocenters. The maximum absolute atomic E-state index is 12.6. The molecule has 1 aliphatic heterocycles. The van der Waals surface area contributed by atoms with Crippen LogP contribution in [0.1, 0.15) is 18.5 Å². The van der Waals surface area contributed by atoms with E-state index in [1.807, 2.05) is 0 Å². The van der Waals surface area contributed by atoms with Crippen LogP contribution in [0.15, 0.2) is 12.3 Å². The first kappa shape index (κ1) is 10.5. The molecule has 15 heavy (non-hydrogen) atoms. The summed E-state index contributed by atoms with van der Waals surface area (Å²) in [6.45, 7) is 5.45. The summed E-state index contributed by atoms with van der Waals surface area (Å²) in [6, 6.07) is 4.40. The molecule has 0 saturated carbocycles. The Morgan fingerprint density at radius 1 is 1.53 bits per heavy atom. The molecule has 0 aliphatic carbocycles. The molecular formula is C11H14FN2O. The normalized spacial score (nSPS) is 20.1. The summed E-state index contributed by atoms with van der Waals surface area (Å²) in [7, 11) is 0. The van der Waals surface area contributed by atoms with Crippen LogP contribution in [0, 0.1) is 12.0 Å². The van der Waals surface area contributed by atoms with Crippen molar-refractivity contribution in [1.82, 2.24) is 9.88 Å². The molecule has 1 atom stereocenters. The zero-order valence-electron chi connectivity index (χ0n) is 8.74. The standard InChI is InChI=1S/C11H14FN2O/c1-9(14-4-6-15-7-5-14)10-2-3-11(12)13-8-10/h2,8-9H,4-7H2,1H3. The molecule has 1 saturated heterocycles. The number of ether oxygens (including phenoxy) is 1. The van der Waals surface area contributed by atoms with Crippen LogP contribution in [0.25, 0.3) is 0 Å². The molecule has 0 N–H and O–H groups in total. The van der Waals surface area contributed by atoms with Crippen LogP contribution < -0.4 is 0 Å². The SMILES string of the molecule is CC(c1c[c]c(F)nc1)N1CCOCC1. The predicted molar refractivity (Wildman–Crippen MR) is 53.8 cm³/mol. The summed E-state index contributed by atoms with van der Waals surface area (Å²) >= 11 is 0. The van der Waals surface area contributed by atoms with Gasteiger partial charge in [-0.05, 0) is 18.6 Å². The molecule has 1 fully saturated rings. The van der Waals surface area contributed by atoms with Crippen LogP contribution >= 0.6 is 0 Å². The third-order valence-corrected chi connectivity index (χ3v) is 2.76. The average molecular weight is 209 g/mol. The van der Waals surface area contributed by atoms with Gasteiger partial charge in [-0.1, -0.05) is 0 Å². The van der Waals surface area contributed by atoms with Crippen LogP contribution in [0.5, 0.6) is 0 Å². The van der Waals surface area contributed by atoms with E-state index in [4.69, 9.17) is 4.74 Å². The van der Waals surface area contributed by atoms with Crippen LogP contribution in [-0.4, -0.2) is 36.2 Å². The number of nitrogens with zero attached hydrogens (tertiary/aromatic N) is 2. The highest BCUT2D eigenvalue weighted by molar-refractivity contribution is 5.13. The lowest BCUT2D eigenvalue weighted by Gasteiger charge is -2.32. The second kappa shape index (κ2) is 4.68. The van der Waals surface area contributed by atoms with Gasteiger partial charge in [0.25, 0.3) is 0 Å². The van der Waals surface area contributed by atoms with Crippen molar-refractivity contribution < 1.29 is 9.13 Å². The van der Waals surface area contributed by atoms with Gasteiger partial charge < -0.3 is 4.74 Å². The molecule has 1 aromatic rings. The van der Waals surface area contributed by atoms with Gasteiger partial charge in [0.15, 0.2) is 0 Å². The Balaban J connectivity index is 2.05. The van der Waals surface area contributed by atoms with Gasteiger partial charge in [0.05, 0.1) is 13.2 Å². The maximum atomic E-state index is 12.6. The summed E-state index contributed by atoms with van der Waals surface area (Å²) in [5, 5.41) is 0. The third kappa shape index (κ3) is 2.52. The highest BCUT2D eigenvalue weighted by atomic mass is 19.1. The highest BCUT2D eigenvalue weighted by Gasteiger charge is 2.18. The molecule has 0 aromatic carbocycles. The minimum absolute atomic E-state index is 0.248. The highest BCUT2D eigenvalue weighted by Crippen LogP contribution is 2.19. The van der Waals surface area contributed by atoms with E-state index < -0.39 is 5.95 Å². The lowest BCUT2D eigenvalue weighted by atomic mass is 10.1. The number of hydrogen-bond donors (Lipinski definition) is 0. The third-order valence-electron chi connectivity index (χ3n) is 2.76. The number of hydrogen-bond acceptors (Lipinski definition) is 3. The quantitative estimate of drug-likeness (QED) is 0.689. The van der Waals surface area contributed by atoms with E-state index in [0.717, 1.165) is 31.9 Å². The fourth-order valence-corrected chi connectivity index (χ4v) is 1.75. The van der Waals surface area contributed by atoms with Crippen LogP contribution in [0.4, 0.5) is 4.39 Å². The van der Waals surface area contributed by atoms with Crippen molar-refractivity contribution in [2.24, 2.45) is 0 Å². The van der Waals surface area contributed by atoms with Crippen molar-refractivity contribution in [3.63, 3.8) is 0 Å². The van der Waals surface area contributed by atoms with Crippen molar-refractivity contribution in [3.05, 3.63) is 29.8 Å². The molecule has 1 aliphatic rings. The van der Waals surface area contributed by atoms with Crippen LogP contribution in [0.2, 0.25) is 0 Å². The van der Waals surface area contributed by atoms with E-state index in [9.17, 15) is 4.39 Å². The van der Waals surface area contributed by atoms with Crippen LogP contribution in [-0.2, 0) is 4.74 Å². The van der Waals surface area contributed by atoms with Crippen molar-refractivity contribution in [2.45, 2.75) is 13.0 Å². The van der Waals surface area contributed by atoms with E-state index in [1.165, 1.54) is 0 Å². The van der Waals surface area contributed by atoms with Crippen molar-refractivity contribution in [2.75, 3.05) is 26.3 Å². The second-order valence-electron chi connectivity index (χ2n) is 3.66. The first-order chi connectivity index (χ1) is 7.27. The van der Waals surface area contributed by atoms with Gasteiger partial charge in [-0.25, -0.2) is 4.98 Å². The Kier molecular flexibility index (Phi) is 3.28. The second-order valence-corrected chi connectivity index (χ2v) is 3.66. The summed E-state index contributed by atoms with van der Waals surface area (Å²) < 4.78 is 17.9. The topological polar surface area (TPSA) is 25.4 Å². The number of aromatic nitrogens is 1. The summed E-state index contributed by atoms with van der Waals surface area (Å²) in [5.41, 5.74) is 0.998. The van der Waals surface area contributed by atoms with E-state index in [1.54, 1.807) is 12.3 Å². The predicted octanol–water partition coefficient (Wildman–Crippen LogP) is 1.41. The number of pyridine rings is 1. The maximum Gasteiger partial charge on any atom is 0.220 e. The van der Waals surface area contributed by atoms with Crippen LogP contribution in [0.3, 0.4) is 0 Å². The summed E-state index contributed by atoms with van der Waals surface area (Å²) in [6.07, 6.45) is 1.58. The molecule has 1 radical (unpaired) electrons. The largest absolute Gasteiger partial charge is 0.379 e. The Morgan fingerprint density at radius 3 is 2.87 bits per heavy atom. The Hall–Kier alpha value is -1.00. The van der Waals surface area contributed by atoms with E-state index >= 15 is 0 Å². The fraction of sp³-hybridized carbons (Fsp3) is 0.545. The number of halogens is 1. The van der Waals surface area contributed by atoms with Gasteiger partial charge in [0.1, 0.15) is 0 Å². The van der Waals surface area contributed by atoms with Gasteiger partial charge >= 0.3 is 0 Å². The lowest BCUT2D eigenvalue weighted by molar-refractivity contribution is 0.0198. The molecule has 2 rings (SSSR count). The zero-order valence-corrected chi connectivity index (χ0v) is 8.74. The van der Waals surface area contributed by atoms with Gasteiger partial charge in [-0.15, -0.1) is 0 Å². The molecule has 2 heterocycles. The Labute approximate surface area is 88.9 Å². The molecule has 4 heteroatoms. The molecule has 0 amide bonds. The molecule has 0 spiro atoms. The smallest absolute Gasteiger partial charge is 0.220 e. The first-order valence-electron chi connectivity index (χ1n) is 5.12. The van der Waals surface area contributed by atoms with Gasteiger partial charge in [0, 0.05) is 31.4 Å².